The molecule has 7 nitrogen and oxygen atoms in total. The Kier molecular flexibility index (Phi) is 6.23. The second-order valence-corrected chi connectivity index (χ2v) is 7.11. The molecule has 1 heterocycles. The Hall–Kier alpha value is -2.97. The van der Waals surface area contributed by atoms with Crippen LogP contribution < -0.4 is 20.5 Å². The Balaban J connectivity index is 1.67. The summed E-state index contributed by atoms with van der Waals surface area (Å²) in [4.78, 5) is 28.0. The summed E-state index contributed by atoms with van der Waals surface area (Å²) >= 11 is 7.11. The van der Waals surface area contributed by atoms with Gasteiger partial charge in [-0.2, -0.15) is 4.99 Å². The van der Waals surface area contributed by atoms with Gasteiger partial charge in [-0.25, -0.2) is 0 Å². The largest absolute Gasteiger partial charge is 0.497 e. The molecule has 2 aromatic rings. The van der Waals surface area contributed by atoms with Gasteiger partial charge in [-0.15, -0.1) is 0 Å². The molecular formula is C19H16ClN3O4S. The number of anilines is 1. The average Bonchev–Trinajstić information content (AvgIpc) is 2.98. The molecule has 9 heteroatoms. The summed E-state index contributed by atoms with van der Waals surface area (Å²) in [6.45, 7) is -0.219. The number of aliphatic imine (C=N–C) groups is 1. The molecule has 28 heavy (non-hydrogen) atoms. The van der Waals surface area contributed by atoms with Crippen molar-refractivity contribution in [3.05, 3.63) is 58.0 Å². The number of hydrogen-bond acceptors (Lipinski definition) is 6. The van der Waals surface area contributed by atoms with Gasteiger partial charge in [0.2, 0.25) is 0 Å². The van der Waals surface area contributed by atoms with E-state index in [4.69, 9.17) is 26.8 Å². The second kappa shape index (κ2) is 8.81. The van der Waals surface area contributed by atoms with Gasteiger partial charge in [0.1, 0.15) is 11.5 Å². The Bertz CT molecular complexity index is 974. The molecule has 0 bridgehead atoms. The number of thioether (sulfide) groups is 1. The molecule has 2 aromatic carbocycles. The minimum atomic E-state index is -0.425. The van der Waals surface area contributed by atoms with Crippen LogP contribution in [-0.2, 0) is 9.59 Å². The lowest BCUT2D eigenvalue weighted by Gasteiger charge is -2.11. The zero-order chi connectivity index (χ0) is 20.1. The molecule has 0 saturated heterocycles. The molecular weight excluding hydrogens is 402 g/mol. The van der Waals surface area contributed by atoms with Crippen molar-refractivity contribution >= 4 is 52.1 Å². The van der Waals surface area contributed by atoms with Crippen LogP contribution in [-0.4, -0.2) is 30.7 Å². The molecule has 0 saturated carbocycles. The highest BCUT2D eigenvalue weighted by atomic mass is 35.5. The van der Waals surface area contributed by atoms with E-state index in [0.717, 1.165) is 11.8 Å². The minimum absolute atomic E-state index is 0.180. The molecule has 3 N–H and O–H groups in total. The maximum absolute atomic E-state index is 12.2. The van der Waals surface area contributed by atoms with Gasteiger partial charge in [0, 0.05) is 16.3 Å². The third kappa shape index (κ3) is 5.05. The molecule has 0 atom stereocenters. The van der Waals surface area contributed by atoms with E-state index in [1.165, 1.54) is 0 Å². The Morgan fingerprint density at radius 1 is 1.29 bits per heavy atom. The first-order chi connectivity index (χ1) is 13.4. The van der Waals surface area contributed by atoms with Crippen LogP contribution in [0.2, 0.25) is 5.02 Å². The predicted molar refractivity (Wildman–Crippen MR) is 111 cm³/mol. The van der Waals surface area contributed by atoms with E-state index in [1.807, 2.05) is 0 Å². The van der Waals surface area contributed by atoms with Gasteiger partial charge in [0.15, 0.2) is 11.8 Å². The fourth-order valence-corrected chi connectivity index (χ4v) is 3.20. The number of ether oxygens (including phenoxy) is 2. The van der Waals surface area contributed by atoms with Crippen molar-refractivity contribution in [2.75, 3.05) is 19.0 Å². The highest BCUT2D eigenvalue weighted by molar-refractivity contribution is 8.18. The van der Waals surface area contributed by atoms with Crippen LogP contribution >= 0.6 is 23.4 Å². The number of amides is 2. The summed E-state index contributed by atoms with van der Waals surface area (Å²) < 4.78 is 10.7. The van der Waals surface area contributed by atoms with Crippen molar-refractivity contribution < 1.29 is 19.1 Å². The molecule has 0 aliphatic carbocycles. The number of nitrogens with zero attached hydrogens (tertiary/aromatic N) is 1. The minimum Gasteiger partial charge on any atom is -0.497 e. The SMILES string of the molecule is COc1ccc(NC(=O)COc2ccc(Cl)cc2/C=C2\SC(N)=NC2=O)cc1. The van der Waals surface area contributed by atoms with Crippen molar-refractivity contribution in [3.63, 3.8) is 0 Å². The number of rotatable bonds is 6. The summed E-state index contributed by atoms with van der Waals surface area (Å²) in [5.74, 6) is 0.334. The highest BCUT2D eigenvalue weighted by Crippen LogP contribution is 2.31. The van der Waals surface area contributed by atoms with E-state index < -0.39 is 5.91 Å². The Morgan fingerprint density at radius 3 is 2.68 bits per heavy atom. The van der Waals surface area contributed by atoms with Crippen molar-refractivity contribution in [1.82, 2.24) is 0 Å². The standard InChI is InChI=1S/C19H16ClN3O4S/c1-26-14-5-3-13(4-6-14)22-17(24)10-27-15-7-2-12(20)8-11(15)9-16-18(25)23-19(21)28-16/h2-9H,10H2,1H3,(H,22,24)(H2,21,23,25)/b16-9-. The summed E-state index contributed by atoms with van der Waals surface area (Å²) in [5, 5.41) is 3.37. The maximum atomic E-state index is 12.2. The molecule has 0 fully saturated rings. The van der Waals surface area contributed by atoms with Gasteiger partial charge in [-0.1, -0.05) is 11.6 Å². The topological polar surface area (TPSA) is 103 Å². The predicted octanol–water partition coefficient (Wildman–Crippen LogP) is 3.30. The molecule has 0 radical (unpaired) electrons. The number of amidine groups is 1. The summed E-state index contributed by atoms with van der Waals surface area (Å²) in [7, 11) is 1.57. The highest BCUT2D eigenvalue weighted by Gasteiger charge is 2.20. The Labute approximate surface area is 170 Å². The second-order valence-electron chi connectivity index (χ2n) is 5.61. The normalized spacial score (nSPS) is 14.7. The van der Waals surface area contributed by atoms with Crippen LogP contribution in [0.1, 0.15) is 5.56 Å². The van der Waals surface area contributed by atoms with Crippen LogP contribution in [0.5, 0.6) is 11.5 Å². The first kappa shape index (κ1) is 19.8. The molecule has 1 aliphatic rings. The third-order valence-electron chi connectivity index (χ3n) is 3.63. The monoisotopic (exact) mass is 417 g/mol. The molecule has 0 unspecified atom stereocenters. The lowest BCUT2D eigenvalue weighted by molar-refractivity contribution is -0.118. The quantitative estimate of drug-likeness (QED) is 0.699. The third-order valence-corrected chi connectivity index (χ3v) is 4.68. The number of carbonyl (C=O) groups is 2. The van der Waals surface area contributed by atoms with E-state index in [2.05, 4.69) is 10.3 Å². The average molecular weight is 418 g/mol. The lowest BCUT2D eigenvalue weighted by Crippen LogP contribution is -2.20. The van der Waals surface area contributed by atoms with Crippen molar-refractivity contribution in [2.45, 2.75) is 0 Å². The number of hydrogen-bond donors (Lipinski definition) is 2. The molecule has 0 aromatic heterocycles. The summed E-state index contributed by atoms with van der Waals surface area (Å²) in [6.07, 6.45) is 1.58. The van der Waals surface area contributed by atoms with Crippen LogP contribution in [0.25, 0.3) is 6.08 Å². The van der Waals surface area contributed by atoms with Crippen LogP contribution in [0.4, 0.5) is 5.69 Å². The van der Waals surface area contributed by atoms with Gasteiger partial charge >= 0.3 is 0 Å². The number of halogens is 1. The van der Waals surface area contributed by atoms with Gasteiger partial charge in [0.25, 0.3) is 11.8 Å². The number of nitrogens with one attached hydrogen (secondary N) is 1. The number of carbonyl (C=O) groups excluding carboxylic acids is 2. The number of nitrogens with two attached hydrogens (primary N) is 1. The first-order valence-corrected chi connectivity index (χ1v) is 9.28. The van der Waals surface area contributed by atoms with Crippen molar-refractivity contribution in [3.8, 4) is 11.5 Å². The van der Waals surface area contributed by atoms with E-state index in [1.54, 1.807) is 55.7 Å². The Morgan fingerprint density at radius 2 is 2.04 bits per heavy atom. The zero-order valence-corrected chi connectivity index (χ0v) is 16.3. The maximum Gasteiger partial charge on any atom is 0.286 e. The fraction of sp³-hybridized carbons (Fsp3) is 0.105. The van der Waals surface area contributed by atoms with Crippen molar-refractivity contribution in [2.24, 2.45) is 10.7 Å². The number of methoxy groups -OCH3 is 1. The van der Waals surface area contributed by atoms with E-state index in [0.29, 0.717) is 32.7 Å². The van der Waals surface area contributed by atoms with Crippen LogP contribution in [0.15, 0.2) is 52.4 Å². The smallest absolute Gasteiger partial charge is 0.286 e. The van der Waals surface area contributed by atoms with Crippen LogP contribution in [0, 0.1) is 0 Å². The zero-order valence-electron chi connectivity index (χ0n) is 14.8. The lowest BCUT2D eigenvalue weighted by atomic mass is 10.2. The molecule has 2 amide bonds. The van der Waals surface area contributed by atoms with Gasteiger partial charge in [-0.05, 0) is 60.3 Å². The van der Waals surface area contributed by atoms with Gasteiger partial charge in [-0.3, -0.25) is 9.59 Å². The molecule has 0 spiro atoms. The van der Waals surface area contributed by atoms with E-state index in [-0.39, 0.29) is 17.7 Å². The van der Waals surface area contributed by atoms with E-state index in [9.17, 15) is 9.59 Å². The fourth-order valence-electron chi connectivity index (χ4n) is 2.35. The summed E-state index contributed by atoms with van der Waals surface area (Å²) in [5.41, 5.74) is 6.73. The first-order valence-electron chi connectivity index (χ1n) is 8.09. The van der Waals surface area contributed by atoms with Gasteiger partial charge < -0.3 is 20.5 Å². The van der Waals surface area contributed by atoms with E-state index >= 15 is 0 Å². The van der Waals surface area contributed by atoms with Gasteiger partial charge in [0.05, 0.1) is 12.0 Å². The van der Waals surface area contributed by atoms with Crippen LogP contribution in [0.3, 0.4) is 0 Å². The molecule has 1 aliphatic heterocycles. The molecule has 144 valence electrons. The van der Waals surface area contributed by atoms with Crippen molar-refractivity contribution in [1.29, 1.82) is 0 Å². The molecule has 3 rings (SSSR count). The summed E-state index contributed by atoms with van der Waals surface area (Å²) in [6, 6.07) is 11.8. The number of benzene rings is 2.